The topological polar surface area (TPSA) is 61.8 Å². The fraction of sp³-hybridized carbons (Fsp3) is 0.533. The SMILES string of the molecule is CC1CCN(Cc2ccc(C(N)=NO)cc2F)C(C)C1. The molecule has 0 amide bonds. The molecule has 1 aliphatic rings. The number of rotatable bonds is 3. The molecule has 0 bridgehead atoms. The molecular formula is C15H22FN3O. The first kappa shape index (κ1) is 14.8. The van der Waals surface area contributed by atoms with Crippen LogP contribution in [0.15, 0.2) is 23.4 Å². The number of likely N-dealkylation sites (tertiary alicyclic amines) is 1. The molecule has 4 nitrogen and oxygen atoms in total. The molecule has 1 aromatic carbocycles. The van der Waals surface area contributed by atoms with Crippen LogP contribution >= 0.6 is 0 Å². The van der Waals surface area contributed by atoms with Gasteiger partial charge >= 0.3 is 0 Å². The molecule has 1 heterocycles. The van der Waals surface area contributed by atoms with Crippen LogP contribution in [-0.4, -0.2) is 28.5 Å². The van der Waals surface area contributed by atoms with Gasteiger partial charge in [-0.3, -0.25) is 4.90 Å². The summed E-state index contributed by atoms with van der Waals surface area (Å²) in [5, 5.41) is 11.5. The van der Waals surface area contributed by atoms with Crippen LogP contribution in [-0.2, 0) is 6.54 Å². The van der Waals surface area contributed by atoms with E-state index in [1.807, 2.05) is 0 Å². The fourth-order valence-corrected chi connectivity index (χ4v) is 2.80. The van der Waals surface area contributed by atoms with Gasteiger partial charge in [0, 0.05) is 23.7 Å². The van der Waals surface area contributed by atoms with Crippen molar-refractivity contribution in [3.8, 4) is 0 Å². The standard InChI is InChI=1S/C15H22FN3O/c1-10-5-6-19(11(2)7-10)9-13-4-3-12(8-14(13)16)15(17)18-20/h3-4,8,10-11,20H,5-7,9H2,1-2H3,(H2,17,18). The van der Waals surface area contributed by atoms with Gasteiger partial charge in [0.05, 0.1) is 0 Å². The Morgan fingerprint density at radius 3 is 2.85 bits per heavy atom. The van der Waals surface area contributed by atoms with Crippen molar-refractivity contribution in [2.75, 3.05) is 6.54 Å². The first-order chi connectivity index (χ1) is 9.51. The second-order valence-electron chi connectivity index (χ2n) is 5.74. The van der Waals surface area contributed by atoms with E-state index < -0.39 is 0 Å². The zero-order chi connectivity index (χ0) is 14.7. The summed E-state index contributed by atoms with van der Waals surface area (Å²) in [4.78, 5) is 2.31. The quantitative estimate of drug-likeness (QED) is 0.387. The molecule has 1 aromatic rings. The maximum absolute atomic E-state index is 14.1. The minimum absolute atomic E-state index is 0.0735. The summed E-state index contributed by atoms with van der Waals surface area (Å²) in [6.45, 7) is 6.07. The third kappa shape index (κ3) is 3.28. The molecule has 2 rings (SSSR count). The molecule has 2 atom stereocenters. The monoisotopic (exact) mass is 279 g/mol. The Kier molecular flexibility index (Phi) is 4.60. The van der Waals surface area contributed by atoms with Crippen LogP contribution in [0.25, 0.3) is 0 Å². The zero-order valence-corrected chi connectivity index (χ0v) is 12.0. The van der Waals surface area contributed by atoms with Gasteiger partial charge in [0.15, 0.2) is 5.84 Å². The van der Waals surface area contributed by atoms with E-state index in [1.165, 1.54) is 6.07 Å². The number of nitrogens with two attached hydrogens (primary N) is 1. The second kappa shape index (κ2) is 6.22. The Balaban J connectivity index is 2.10. The van der Waals surface area contributed by atoms with Crippen molar-refractivity contribution in [3.05, 3.63) is 35.1 Å². The van der Waals surface area contributed by atoms with Crippen LogP contribution in [0.5, 0.6) is 0 Å². The van der Waals surface area contributed by atoms with Crippen molar-refractivity contribution in [2.45, 2.75) is 39.3 Å². The lowest BCUT2D eigenvalue weighted by Crippen LogP contribution is -2.39. The zero-order valence-electron chi connectivity index (χ0n) is 12.0. The average Bonchev–Trinajstić information content (AvgIpc) is 2.42. The highest BCUT2D eigenvalue weighted by Gasteiger charge is 2.23. The van der Waals surface area contributed by atoms with Gasteiger partial charge in [-0.15, -0.1) is 0 Å². The highest BCUT2D eigenvalue weighted by Crippen LogP contribution is 2.24. The number of benzene rings is 1. The molecule has 3 N–H and O–H groups in total. The van der Waals surface area contributed by atoms with E-state index in [-0.39, 0.29) is 11.7 Å². The summed E-state index contributed by atoms with van der Waals surface area (Å²) in [5.41, 5.74) is 6.51. The lowest BCUT2D eigenvalue weighted by Gasteiger charge is -2.36. The highest BCUT2D eigenvalue weighted by atomic mass is 19.1. The van der Waals surface area contributed by atoms with Crippen LogP contribution in [0.2, 0.25) is 0 Å². The summed E-state index contributed by atoms with van der Waals surface area (Å²) in [5.74, 6) is 0.365. The first-order valence-corrected chi connectivity index (χ1v) is 7.01. The minimum Gasteiger partial charge on any atom is -0.409 e. The Hall–Kier alpha value is -1.62. The lowest BCUT2D eigenvalue weighted by molar-refractivity contribution is 0.121. The van der Waals surface area contributed by atoms with Gasteiger partial charge in [-0.05, 0) is 38.3 Å². The largest absolute Gasteiger partial charge is 0.409 e. The highest BCUT2D eigenvalue weighted by molar-refractivity contribution is 5.97. The van der Waals surface area contributed by atoms with E-state index in [0.29, 0.717) is 23.7 Å². The molecular weight excluding hydrogens is 257 g/mol. The summed E-state index contributed by atoms with van der Waals surface area (Å²) in [7, 11) is 0. The molecule has 0 aliphatic carbocycles. The van der Waals surface area contributed by atoms with Crippen molar-refractivity contribution in [1.82, 2.24) is 4.90 Å². The fourth-order valence-electron chi connectivity index (χ4n) is 2.80. The number of piperidine rings is 1. The first-order valence-electron chi connectivity index (χ1n) is 7.01. The van der Waals surface area contributed by atoms with Crippen LogP contribution in [0.4, 0.5) is 4.39 Å². The maximum Gasteiger partial charge on any atom is 0.170 e. The Bertz CT molecular complexity index is 504. The summed E-state index contributed by atoms with van der Waals surface area (Å²) >= 11 is 0. The van der Waals surface area contributed by atoms with E-state index in [0.717, 1.165) is 25.3 Å². The summed E-state index contributed by atoms with van der Waals surface area (Å²) < 4.78 is 14.1. The van der Waals surface area contributed by atoms with E-state index in [2.05, 4.69) is 23.9 Å². The summed E-state index contributed by atoms with van der Waals surface area (Å²) in [6.07, 6.45) is 2.32. The van der Waals surface area contributed by atoms with Crippen molar-refractivity contribution in [3.63, 3.8) is 0 Å². The minimum atomic E-state index is -0.306. The molecule has 0 saturated carbocycles. The molecule has 0 radical (unpaired) electrons. The van der Waals surface area contributed by atoms with Crippen LogP contribution < -0.4 is 5.73 Å². The predicted octanol–water partition coefficient (Wildman–Crippen LogP) is 2.54. The van der Waals surface area contributed by atoms with E-state index in [4.69, 9.17) is 10.9 Å². The van der Waals surface area contributed by atoms with Gasteiger partial charge in [-0.2, -0.15) is 0 Å². The average molecular weight is 279 g/mol. The molecule has 1 saturated heterocycles. The van der Waals surface area contributed by atoms with Gasteiger partial charge < -0.3 is 10.9 Å². The van der Waals surface area contributed by atoms with Gasteiger partial charge in [0.2, 0.25) is 0 Å². The van der Waals surface area contributed by atoms with Gasteiger partial charge in [0.25, 0.3) is 0 Å². The van der Waals surface area contributed by atoms with Crippen molar-refractivity contribution >= 4 is 5.84 Å². The van der Waals surface area contributed by atoms with E-state index >= 15 is 0 Å². The number of amidine groups is 1. The van der Waals surface area contributed by atoms with Gasteiger partial charge in [-0.25, -0.2) is 4.39 Å². The number of halogens is 1. The third-order valence-corrected chi connectivity index (χ3v) is 4.11. The summed E-state index contributed by atoms with van der Waals surface area (Å²) in [6, 6.07) is 5.20. The lowest BCUT2D eigenvalue weighted by atomic mass is 9.93. The Morgan fingerprint density at radius 1 is 1.50 bits per heavy atom. The molecule has 20 heavy (non-hydrogen) atoms. The Labute approximate surface area is 119 Å². The van der Waals surface area contributed by atoms with Crippen LogP contribution in [0, 0.1) is 11.7 Å². The molecule has 0 aromatic heterocycles. The third-order valence-electron chi connectivity index (χ3n) is 4.11. The second-order valence-corrected chi connectivity index (χ2v) is 5.74. The number of hydrogen-bond donors (Lipinski definition) is 2. The van der Waals surface area contributed by atoms with Gasteiger partial charge in [0.1, 0.15) is 5.82 Å². The number of hydrogen-bond acceptors (Lipinski definition) is 3. The van der Waals surface area contributed by atoms with E-state index in [9.17, 15) is 4.39 Å². The van der Waals surface area contributed by atoms with Crippen LogP contribution in [0.1, 0.15) is 37.8 Å². The molecule has 0 spiro atoms. The molecule has 2 unspecified atom stereocenters. The van der Waals surface area contributed by atoms with Crippen molar-refractivity contribution < 1.29 is 9.60 Å². The van der Waals surface area contributed by atoms with Crippen molar-refractivity contribution in [2.24, 2.45) is 16.8 Å². The maximum atomic E-state index is 14.1. The molecule has 5 heteroatoms. The molecule has 110 valence electrons. The molecule has 1 fully saturated rings. The number of oxime groups is 1. The molecule has 1 aliphatic heterocycles. The number of nitrogens with zero attached hydrogens (tertiary/aromatic N) is 2. The smallest absolute Gasteiger partial charge is 0.170 e. The van der Waals surface area contributed by atoms with Crippen molar-refractivity contribution in [1.29, 1.82) is 0 Å². The normalized spacial score (nSPS) is 24.9. The Morgan fingerprint density at radius 2 is 2.25 bits per heavy atom. The predicted molar refractivity (Wildman–Crippen MR) is 77.2 cm³/mol. The van der Waals surface area contributed by atoms with Crippen LogP contribution in [0.3, 0.4) is 0 Å². The van der Waals surface area contributed by atoms with Gasteiger partial charge in [-0.1, -0.05) is 24.2 Å². The van der Waals surface area contributed by atoms with E-state index in [1.54, 1.807) is 12.1 Å².